The summed E-state index contributed by atoms with van der Waals surface area (Å²) in [6.45, 7) is 5.19. The summed E-state index contributed by atoms with van der Waals surface area (Å²) >= 11 is 1.62. The SMILES string of the molecule is CSc1ccc(-n2c(-c3ccc(C)cc3)cc(=O)n(CC(O)CN3CCN(c4ncccn4)CC3)c2=O)cc1. The molecule has 1 N–H and O–H groups in total. The normalized spacial score (nSPS) is 14.9. The summed E-state index contributed by atoms with van der Waals surface area (Å²) < 4.78 is 2.69. The van der Waals surface area contributed by atoms with Gasteiger partial charge in [-0.15, -0.1) is 11.8 Å². The minimum Gasteiger partial charge on any atom is -0.390 e. The van der Waals surface area contributed by atoms with Crippen LogP contribution in [0.4, 0.5) is 5.95 Å². The number of piperazine rings is 1. The molecule has 0 saturated carbocycles. The van der Waals surface area contributed by atoms with Crippen LogP contribution >= 0.6 is 11.8 Å². The Kier molecular flexibility index (Phi) is 8.25. The molecule has 0 aliphatic carbocycles. The number of anilines is 1. The molecule has 39 heavy (non-hydrogen) atoms. The molecule has 9 nitrogen and oxygen atoms in total. The van der Waals surface area contributed by atoms with E-state index in [-0.39, 0.29) is 6.54 Å². The highest BCUT2D eigenvalue weighted by Crippen LogP contribution is 2.23. The summed E-state index contributed by atoms with van der Waals surface area (Å²) in [5, 5.41) is 10.9. The maximum absolute atomic E-state index is 13.8. The molecule has 0 spiro atoms. The van der Waals surface area contributed by atoms with Crippen molar-refractivity contribution in [2.75, 3.05) is 43.9 Å². The zero-order chi connectivity index (χ0) is 27.4. The largest absolute Gasteiger partial charge is 0.390 e. The van der Waals surface area contributed by atoms with Crippen molar-refractivity contribution < 1.29 is 5.11 Å². The molecule has 4 aromatic rings. The van der Waals surface area contributed by atoms with Gasteiger partial charge >= 0.3 is 5.69 Å². The number of aromatic nitrogens is 4. The van der Waals surface area contributed by atoms with Gasteiger partial charge in [0.1, 0.15) is 0 Å². The fourth-order valence-corrected chi connectivity index (χ4v) is 5.22. The van der Waals surface area contributed by atoms with Gasteiger partial charge in [-0.25, -0.2) is 14.8 Å². The summed E-state index contributed by atoms with van der Waals surface area (Å²) in [5.74, 6) is 0.698. The second kappa shape index (κ2) is 12.0. The lowest BCUT2D eigenvalue weighted by Gasteiger charge is -2.35. The molecule has 1 atom stereocenters. The number of β-amino-alcohol motifs (C(OH)–C–C–N with tert-alkyl or cyclic N) is 1. The quantitative estimate of drug-likeness (QED) is 0.338. The molecule has 1 aliphatic heterocycles. The second-order valence-electron chi connectivity index (χ2n) is 9.65. The second-order valence-corrected chi connectivity index (χ2v) is 10.5. The van der Waals surface area contributed by atoms with Gasteiger partial charge in [0.15, 0.2) is 0 Å². The van der Waals surface area contributed by atoms with Crippen LogP contribution in [0.3, 0.4) is 0 Å². The minimum atomic E-state index is -0.882. The molecule has 3 heterocycles. The number of thioether (sulfide) groups is 1. The van der Waals surface area contributed by atoms with Gasteiger partial charge in [-0.3, -0.25) is 18.8 Å². The van der Waals surface area contributed by atoms with Gasteiger partial charge < -0.3 is 10.0 Å². The zero-order valence-electron chi connectivity index (χ0n) is 22.1. The molecule has 2 aromatic carbocycles. The molecule has 1 unspecified atom stereocenters. The van der Waals surface area contributed by atoms with Gasteiger partial charge in [-0.1, -0.05) is 29.8 Å². The summed E-state index contributed by atoms with van der Waals surface area (Å²) in [7, 11) is 0. The van der Waals surface area contributed by atoms with Crippen molar-refractivity contribution in [1.82, 2.24) is 24.0 Å². The summed E-state index contributed by atoms with van der Waals surface area (Å²) in [6, 6.07) is 18.7. The Labute approximate surface area is 231 Å². The molecule has 1 aliphatic rings. The van der Waals surface area contributed by atoms with Crippen molar-refractivity contribution in [2.45, 2.75) is 24.5 Å². The van der Waals surface area contributed by atoms with Crippen molar-refractivity contribution in [3.63, 3.8) is 0 Å². The Bertz CT molecular complexity index is 1510. The number of aliphatic hydroxyl groups excluding tert-OH is 1. The fourth-order valence-electron chi connectivity index (χ4n) is 4.81. The van der Waals surface area contributed by atoms with Crippen LogP contribution in [0.2, 0.25) is 0 Å². The van der Waals surface area contributed by atoms with Gasteiger partial charge in [0, 0.05) is 56.1 Å². The summed E-state index contributed by atoms with van der Waals surface area (Å²) in [6.07, 6.45) is 4.57. The van der Waals surface area contributed by atoms with E-state index in [0.29, 0.717) is 23.9 Å². The Morgan fingerprint density at radius 3 is 2.23 bits per heavy atom. The molecule has 0 amide bonds. The maximum Gasteiger partial charge on any atom is 0.336 e. The van der Waals surface area contributed by atoms with Crippen molar-refractivity contribution in [1.29, 1.82) is 0 Å². The van der Waals surface area contributed by atoms with Crippen LogP contribution in [-0.2, 0) is 6.54 Å². The molecule has 2 aromatic heterocycles. The van der Waals surface area contributed by atoms with Crippen LogP contribution in [0, 0.1) is 6.92 Å². The number of hydrogen-bond donors (Lipinski definition) is 1. The van der Waals surface area contributed by atoms with Crippen molar-refractivity contribution >= 4 is 17.7 Å². The lowest BCUT2D eigenvalue weighted by molar-refractivity contribution is 0.0927. The number of rotatable bonds is 8. The number of benzene rings is 2. The molecule has 0 radical (unpaired) electrons. The van der Waals surface area contributed by atoms with Gasteiger partial charge in [0.25, 0.3) is 5.56 Å². The van der Waals surface area contributed by atoms with E-state index in [1.54, 1.807) is 34.8 Å². The molecule has 1 fully saturated rings. The highest BCUT2D eigenvalue weighted by molar-refractivity contribution is 7.98. The summed E-state index contributed by atoms with van der Waals surface area (Å²) in [5.41, 5.74) is 2.14. The first-order valence-electron chi connectivity index (χ1n) is 12.9. The van der Waals surface area contributed by atoms with Crippen LogP contribution in [0.5, 0.6) is 0 Å². The highest BCUT2D eigenvalue weighted by atomic mass is 32.2. The third-order valence-corrected chi connectivity index (χ3v) is 7.68. The van der Waals surface area contributed by atoms with E-state index < -0.39 is 17.4 Å². The van der Waals surface area contributed by atoms with Crippen molar-refractivity contribution in [3.8, 4) is 16.9 Å². The van der Waals surface area contributed by atoms with Crippen molar-refractivity contribution in [2.24, 2.45) is 0 Å². The molecular weight excluding hydrogens is 512 g/mol. The lowest BCUT2D eigenvalue weighted by Crippen LogP contribution is -2.50. The Morgan fingerprint density at radius 2 is 1.59 bits per heavy atom. The topological polar surface area (TPSA) is 96.5 Å². The van der Waals surface area contributed by atoms with Gasteiger partial charge in [0.05, 0.1) is 24.0 Å². The third kappa shape index (κ3) is 6.13. The highest BCUT2D eigenvalue weighted by Gasteiger charge is 2.22. The summed E-state index contributed by atoms with van der Waals surface area (Å²) in [4.78, 5) is 41.0. The van der Waals surface area contributed by atoms with Crippen LogP contribution in [0.15, 0.2) is 87.5 Å². The van der Waals surface area contributed by atoms with E-state index in [1.165, 1.54) is 6.07 Å². The third-order valence-electron chi connectivity index (χ3n) is 6.94. The van der Waals surface area contributed by atoms with Crippen LogP contribution in [-0.4, -0.2) is 74.2 Å². The molecule has 1 saturated heterocycles. The van der Waals surface area contributed by atoms with E-state index >= 15 is 0 Å². The standard InChI is InChI=1S/C29H32N6O3S/c1-21-4-6-22(7-5-21)26-18-27(37)34(29(38)35(26)23-8-10-25(39-2)11-9-23)20-24(36)19-32-14-16-33(17-15-32)28-30-12-3-13-31-28/h3-13,18,24,36H,14-17,19-20H2,1-2H3. The number of aryl methyl sites for hydroxylation is 1. The van der Waals surface area contributed by atoms with Crippen LogP contribution in [0.25, 0.3) is 16.9 Å². The predicted octanol–water partition coefficient (Wildman–Crippen LogP) is 2.67. The van der Waals surface area contributed by atoms with Crippen LogP contribution < -0.4 is 16.1 Å². The van der Waals surface area contributed by atoms with E-state index in [2.05, 4.69) is 19.8 Å². The first-order valence-corrected chi connectivity index (χ1v) is 14.2. The number of aliphatic hydroxyl groups is 1. The Balaban J connectivity index is 1.39. The van der Waals surface area contributed by atoms with E-state index in [9.17, 15) is 14.7 Å². The molecule has 10 heteroatoms. The molecule has 5 rings (SSSR count). The van der Waals surface area contributed by atoms with Gasteiger partial charge in [-0.2, -0.15) is 0 Å². The average Bonchev–Trinajstić information content (AvgIpc) is 2.96. The first-order chi connectivity index (χ1) is 18.9. The molecule has 202 valence electrons. The lowest BCUT2D eigenvalue weighted by atomic mass is 10.1. The minimum absolute atomic E-state index is 0.0866. The maximum atomic E-state index is 13.8. The predicted molar refractivity (Wildman–Crippen MR) is 155 cm³/mol. The zero-order valence-corrected chi connectivity index (χ0v) is 22.9. The van der Waals surface area contributed by atoms with Crippen molar-refractivity contribution in [3.05, 3.63) is 99.5 Å². The Hall–Kier alpha value is -3.73. The van der Waals surface area contributed by atoms with E-state index in [0.717, 1.165) is 46.8 Å². The van der Waals surface area contributed by atoms with Gasteiger partial charge in [0.2, 0.25) is 5.95 Å². The van der Waals surface area contributed by atoms with E-state index in [4.69, 9.17) is 0 Å². The average molecular weight is 545 g/mol. The smallest absolute Gasteiger partial charge is 0.336 e. The molecular formula is C29H32N6O3S. The van der Waals surface area contributed by atoms with Crippen LogP contribution in [0.1, 0.15) is 5.56 Å². The Morgan fingerprint density at radius 1 is 0.923 bits per heavy atom. The molecule has 0 bridgehead atoms. The first kappa shape index (κ1) is 26.9. The number of nitrogens with zero attached hydrogens (tertiary/aromatic N) is 6. The monoisotopic (exact) mass is 544 g/mol. The fraction of sp³-hybridized carbons (Fsp3) is 0.310. The van der Waals surface area contributed by atoms with E-state index in [1.807, 2.05) is 61.7 Å². The number of hydrogen-bond acceptors (Lipinski definition) is 8. The van der Waals surface area contributed by atoms with Gasteiger partial charge in [-0.05, 0) is 49.1 Å².